The molecule has 0 aromatic heterocycles. The van der Waals surface area contributed by atoms with Crippen LogP contribution < -0.4 is 5.32 Å². The minimum absolute atomic E-state index is 0.508. The molecule has 1 atom stereocenters. The maximum Gasteiger partial charge on any atom is 0.0469 e. The Kier molecular flexibility index (Phi) is 5.32. The van der Waals surface area contributed by atoms with Crippen molar-refractivity contribution in [1.82, 2.24) is 5.32 Å². The van der Waals surface area contributed by atoms with E-state index in [0.29, 0.717) is 6.04 Å². The van der Waals surface area contributed by atoms with E-state index in [1.807, 2.05) is 0 Å². The van der Waals surface area contributed by atoms with Gasteiger partial charge in [-0.15, -0.1) is 0 Å². The van der Waals surface area contributed by atoms with Crippen LogP contribution in [0.2, 0.25) is 0 Å². The first-order valence-electron chi connectivity index (χ1n) is 8.79. The topological polar surface area (TPSA) is 21.3 Å². The van der Waals surface area contributed by atoms with E-state index in [1.54, 1.807) is 5.56 Å². The second-order valence-corrected chi connectivity index (χ2v) is 6.68. The molecule has 1 unspecified atom stereocenters. The van der Waals surface area contributed by atoms with Crippen molar-refractivity contribution in [3.63, 3.8) is 0 Å². The zero-order chi connectivity index (χ0) is 14.5. The minimum Gasteiger partial charge on any atom is -0.381 e. The highest BCUT2D eigenvalue weighted by Gasteiger charge is 2.26. The zero-order valence-corrected chi connectivity index (χ0v) is 13.3. The van der Waals surface area contributed by atoms with Crippen LogP contribution in [0.5, 0.6) is 0 Å². The van der Waals surface area contributed by atoms with Crippen LogP contribution in [0.25, 0.3) is 0 Å². The predicted molar refractivity (Wildman–Crippen MR) is 87.6 cm³/mol. The molecule has 1 saturated heterocycles. The molecule has 0 bridgehead atoms. The van der Waals surface area contributed by atoms with Crippen molar-refractivity contribution in [3.05, 3.63) is 35.4 Å². The van der Waals surface area contributed by atoms with Crippen molar-refractivity contribution >= 4 is 0 Å². The molecule has 0 radical (unpaired) electrons. The van der Waals surface area contributed by atoms with Gasteiger partial charge < -0.3 is 10.1 Å². The monoisotopic (exact) mass is 287 g/mol. The van der Waals surface area contributed by atoms with E-state index in [0.717, 1.165) is 31.6 Å². The first kappa shape index (κ1) is 15.1. The van der Waals surface area contributed by atoms with Gasteiger partial charge in [-0.05, 0) is 61.6 Å². The molecule has 1 aliphatic heterocycles. The summed E-state index contributed by atoms with van der Waals surface area (Å²) < 4.78 is 5.55. The Morgan fingerprint density at radius 2 is 2.00 bits per heavy atom. The fraction of sp³-hybridized carbons (Fsp3) is 0.684. The maximum atomic E-state index is 5.55. The Labute approximate surface area is 129 Å². The minimum atomic E-state index is 0.508. The first-order valence-corrected chi connectivity index (χ1v) is 8.79. The molecule has 1 aromatic rings. The summed E-state index contributed by atoms with van der Waals surface area (Å²) in [6.07, 6.45) is 7.75. The highest BCUT2D eigenvalue weighted by molar-refractivity contribution is 5.30. The van der Waals surface area contributed by atoms with Crippen molar-refractivity contribution in [2.45, 2.75) is 57.4 Å². The summed E-state index contributed by atoms with van der Waals surface area (Å²) in [5.41, 5.74) is 3.06. The average Bonchev–Trinajstić information content (AvgIpc) is 2.47. The molecule has 0 amide bonds. The van der Waals surface area contributed by atoms with Gasteiger partial charge in [0.25, 0.3) is 0 Å². The van der Waals surface area contributed by atoms with Crippen LogP contribution in [0.4, 0.5) is 0 Å². The van der Waals surface area contributed by atoms with E-state index in [-0.39, 0.29) is 0 Å². The maximum absolute atomic E-state index is 5.55. The van der Waals surface area contributed by atoms with Crippen molar-refractivity contribution < 1.29 is 4.74 Å². The third kappa shape index (κ3) is 3.67. The predicted octanol–water partition coefficient (Wildman–Crippen LogP) is 4.42. The van der Waals surface area contributed by atoms with Gasteiger partial charge in [-0.1, -0.05) is 37.6 Å². The van der Waals surface area contributed by atoms with Gasteiger partial charge in [0, 0.05) is 19.3 Å². The Balaban J connectivity index is 1.77. The molecule has 1 aromatic carbocycles. The van der Waals surface area contributed by atoms with Gasteiger partial charge >= 0.3 is 0 Å². The Hall–Kier alpha value is -0.860. The Morgan fingerprint density at radius 1 is 1.19 bits per heavy atom. The summed E-state index contributed by atoms with van der Waals surface area (Å²) in [6, 6.07) is 9.91. The third-order valence-corrected chi connectivity index (χ3v) is 5.20. The van der Waals surface area contributed by atoms with E-state index in [1.165, 1.54) is 44.1 Å². The molecule has 2 nitrogen and oxygen atoms in total. The van der Waals surface area contributed by atoms with E-state index in [2.05, 4.69) is 36.5 Å². The van der Waals surface area contributed by atoms with Gasteiger partial charge in [-0.3, -0.25) is 0 Å². The van der Waals surface area contributed by atoms with Crippen LogP contribution in [0.3, 0.4) is 0 Å². The van der Waals surface area contributed by atoms with Crippen molar-refractivity contribution in [3.8, 4) is 0 Å². The van der Waals surface area contributed by atoms with Crippen LogP contribution in [-0.4, -0.2) is 19.8 Å². The molecule has 116 valence electrons. The smallest absolute Gasteiger partial charge is 0.0469 e. The average molecular weight is 287 g/mol. The highest BCUT2D eigenvalue weighted by Crippen LogP contribution is 2.38. The van der Waals surface area contributed by atoms with E-state index >= 15 is 0 Å². The van der Waals surface area contributed by atoms with E-state index < -0.39 is 0 Å². The quantitative estimate of drug-likeness (QED) is 0.836. The lowest BCUT2D eigenvalue weighted by Crippen LogP contribution is -2.32. The summed E-state index contributed by atoms with van der Waals surface area (Å²) in [5.74, 6) is 1.55. The summed E-state index contributed by atoms with van der Waals surface area (Å²) in [7, 11) is 0. The fourth-order valence-corrected chi connectivity index (χ4v) is 3.65. The summed E-state index contributed by atoms with van der Waals surface area (Å²) >= 11 is 0. The number of hydrogen-bond acceptors (Lipinski definition) is 2. The van der Waals surface area contributed by atoms with Gasteiger partial charge in [0.2, 0.25) is 0 Å². The second-order valence-electron chi connectivity index (χ2n) is 6.68. The van der Waals surface area contributed by atoms with Gasteiger partial charge in [0.1, 0.15) is 0 Å². The van der Waals surface area contributed by atoms with Crippen LogP contribution in [0.15, 0.2) is 24.3 Å². The van der Waals surface area contributed by atoms with Crippen molar-refractivity contribution in [2.24, 2.45) is 5.92 Å². The molecule has 1 N–H and O–H groups in total. The summed E-state index contributed by atoms with van der Waals surface area (Å²) in [6.45, 7) is 5.21. The Morgan fingerprint density at radius 3 is 2.67 bits per heavy atom. The van der Waals surface area contributed by atoms with Gasteiger partial charge in [-0.2, -0.15) is 0 Å². The zero-order valence-electron chi connectivity index (χ0n) is 13.3. The molecule has 1 heterocycles. The number of ether oxygens (including phenoxy) is 1. The second kappa shape index (κ2) is 7.42. The lowest BCUT2D eigenvalue weighted by atomic mass is 9.78. The van der Waals surface area contributed by atoms with Crippen molar-refractivity contribution in [1.29, 1.82) is 0 Å². The SMILES string of the molecule is CCCNC(c1cccc(C2CCC2)c1)C1CCOCC1. The third-order valence-electron chi connectivity index (χ3n) is 5.20. The number of benzene rings is 1. The van der Waals surface area contributed by atoms with Crippen LogP contribution in [0, 0.1) is 5.92 Å². The molecule has 3 rings (SSSR count). The molecular weight excluding hydrogens is 258 g/mol. The standard InChI is InChI=1S/C19H29NO/c1-2-11-20-19(16-9-12-21-13-10-16)18-8-4-7-17(14-18)15-5-3-6-15/h4,7-8,14-16,19-20H,2-3,5-6,9-13H2,1H3. The molecule has 0 spiro atoms. The summed E-state index contributed by atoms with van der Waals surface area (Å²) in [4.78, 5) is 0. The lowest BCUT2D eigenvalue weighted by molar-refractivity contribution is 0.0536. The van der Waals surface area contributed by atoms with Gasteiger partial charge in [-0.25, -0.2) is 0 Å². The molecule has 2 heteroatoms. The largest absolute Gasteiger partial charge is 0.381 e. The van der Waals surface area contributed by atoms with Crippen LogP contribution >= 0.6 is 0 Å². The van der Waals surface area contributed by atoms with Gasteiger partial charge in [0.05, 0.1) is 0 Å². The molecule has 2 fully saturated rings. The molecule has 1 saturated carbocycles. The van der Waals surface area contributed by atoms with Crippen LogP contribution in [-0.2, 0) is 4.74 Å². The van der Waals surface area contributed by atoms with E-state index in [9.17, 15) is 0 Å². The number of rotatable bonds is 6. The number of hydrogen-bond donors (Lipinski definition) is 1. The lowest BCUT2D eigenvalue weighted by Gasteiger charge is -2.33. The molecule has 2 aliphatic rings. The number of nitrogens with one attached hydrogen (secondary N) is 1. The summed E-state index contributed by atoms with van der Waals surface area (Å²) in [5, 5.41) is 3.80. The molecule has 21 heavy (non-hydrogen) atoms. The van der Waals surface area contributed by atoms with Crippen molar-refractivity contribution in [2.75, 3.05) is 19.8 Å². The Bertz CT molecular complexity index is 435. The fourth-order valence-electron chi connectivity index (χ4n) is 3.65. The van der Waals surface area contributed by atoms with E-state index in [4.69, 9.17) is 4.74 Å². The molecular formula is C19H29NO. The normalized spacial score (nSPS) is 22.0. The molecule has 1 aliphatic carbocycles. The van der Waals surface area contributed by atoms with Crippen LogP contribution in [0.1, 0.15) is 68.5 Å². The highest BCUT2D eigenvalue weighted by atomic mass is 16.5. The van der Waals surface area contributed by atoms with Gasteiger partial charge in [0.15, 0.2) is 0 Å². The first-order chi connectivity index (χ1) is 10.4.